The number of rotatable bonds is 3. The number of hydrogen-bond donors (Lipinski definition) is 1. The summed E-state index contributed by atoms with van der Waals surface area (Å²) in [4.78, 5) is 36.4. The molecule has 1 aliphatic heterocycles. The SMILES string of the molecule is Cc1ccc(C)c(Cn2c(N3CCN(C)CC3)nc3c2c(=O)[nH]c(=O)n3C)c1. The number of aromatic nitrogens is 4. The molecule has 0 saturated carbocycles. The second kappa shape index (κ2) is 6.94. The number of hydrogen-bond acceptors (Lipinski definition) is 5. The lowest BCUT2D eigenvalue weighted by Crippen LogP contribution is -2.45. The van der Waals surface area contributed by atoms with Gasteiger partial charge in [0.15, 0.2) is 11.2 Å². The summed E-state index contributed by atoms with van der Waals surface area (Å²) in [6.45, 7) is 8.20. The first-order valence-corrected chi connectivity index (χ1v) is 9.54. The Kier molecular flexibility index (Phi) is 4.58. The maximum Gasteiger partial charge on any atom is 0.329 e. The van der Waals surface area contributed by atoms with E-state index in [2.05, 4.69) is 53.9 Å². The quantitative estimate of drug-likeness (QED) is 0.726. The smallest absolute Gasteiger partial charge is 0.329 e. The van der Waals surface area contributed by atoms with Crippen LogP contribution in [-0.4, -0.2) is 57.2 Å². The van der Waals surface area contributed by atoms with Crippen molar-refractivity contribution in [1.82, 2.24) is 24.0 Å². The number of piperazine rings is 1. The lowest BCUT2D eigenvalue weighted by molar-refractivity contribution is 0.310. The van der Waals surface area contributed by atoms with Crippen LogP contribution in [-0.2, 0) is 13.6 Å². The first-order chi connectivity index (χ1) is 13.3. The molecular formula is C20H26N6O2. The third-order valence-corrected chi connectivity index (χ3v) is 5.61. The van der Waals surface area contributed by atoms with Crippen LogP contribution in [0.3, 0.4) is 0 Å². The van der Waals surface area contributed by atoms with Crippen LogP contribution >= 0.6 is 0 Å². The molecule has 0 spiro atoms. The minimum absolute atomic E-state index is 0.392. The van der Waals surface area contributed by atoms with Crippen LogP contribution in [0, 0.1) is 13.8 Å². The molecule has 1 aromatic carbocycles. The predicted octanol–water partition coefficient (Wildman–Crippen LogP) is 0.840. The first kappa shape index (κ1) is 18.5. The molecule has 28 heavy (non-hydrogen) atoms. The van der Waals surface area contributed by atoms with Gasteiger partial charge in [0.05, 0.1) is 6.54 Å². The Morgan fingerprint density at radius 2 is 1.79 bits per heavy atom. The van der Waals surface area contributed by atoms with Crippen molar-refractivity contribution in [2.75, 3.05) is 38.1 Å². The zero-order valence-electron chi connectivity index (χ0n) is 16.8. The van der Waals surface area contributed by atoms with Crippen molar-refractivity contribution in [1.29, 1.82) is 0 Å². The normalized spacial score (nSPS) is 15.5. The Hall–Kier alpha value is -2.87. The molecule has 3 heterocycles. The van der Waals surface area contributed by atoms with E-state index < -0.39 is 11.2 Å². The van der Waals surface area contributed by atoms with E-state index in [9.17, 15) is 9.59 Å². The Morgan fingerprint density at radius 3 is 2.50 bits per heavy atom. The molecule has 1 saturated heterocycles. The van der Waals surface area contributed by atoms with Crippen molar-refractivity contribution in [2.24, 2.45) is 7.05 Å². The molecule has 4 rings (SSSR count). The second-order valence-corrected chi connectivity index (χ2v) is 7.71. The van der Waals surface area contributed by atoms with Crippen molar-refractivity contribution in [3.8, 4) is 0 Å². The van der Waals surface area contributed by atoms with Gasteiger partial charge in [0.2, 0.25) is 5.95 Å². The van der Waals surface area contributed by atoms with Crippen molar-refractivity contribution in [3.63, 3.8) is 0 Å². The number of nitrogens with one attached hydrogen (secondary N) is 1. The van der Waals surface area contributed by atoms with Gasteiger partial charge >= 0.3 is 5.69 Å². The molecule has 0 unspecified atom stereocenters. The fourth-order valence-corrected chi connectivity index (χ4v) is 3.76. The van der Waals surface area contributed by atoms with E-state index in [-0.39, 0.29) is 0 Å². The van der Waals surface area contributed by atoms with Crippen LogP contribution in [0.2, 0.25) is 0 Å². The molecule has 1 aliphatic rings. The van der Waals surface area contributed by atoms with Crippen LogP contribution in [0.5, 0.6) is 0 Å². The van der Waals surface area contributed by atoms with Gasteiger partial charge in [-0.05, 0) is 32.0 Å². The summed E-state index contributed by atoms with van der Waals surface area (Å²) in [7, 11) is 3.74. The maximum absolute atomic E-state index is 12.7. The van der Waals surface area contributed by atoms with Gasteiger partial charge in [0.1, 0.15) is 0 Å². The van der Waals surface area contributed by atoms with E-state index in [0.717, 1.165) is 43.3 Å². The molecule has 3 aromatic rings. The van der Waals surface area contributed by atoms with Crippen molar-refractivity contribution >= 4 is 17.1 Å². The number of imidazole rings is 1. The maximum atomic E-state index is 12.7. The van der Waals surface area contributed by atoms with E-state index in [4.69, 9.17) is 4.98 Å². The average Bonchev–Trinajstić information content (AvgIpc) is 3.03. The Labute approximate surface area is 163 Å². The third kappa shape index (κ3) is 3.13. The summed E-state index contributed by atoms with van der Waals surface area (Å²) in [5.41, 5.74) is 3.51. The van der Waals surface area contributed by atoms with Crippen LogP contribution in [0.4, 0.5) is 5.95 Å². The highest BCUT2D eigenvalue weighted by atomic mass is 16.2. The summed E-state index contributed by atoms with van der Waals surface area (Å²) in [6, 6.07) is 6.33. The lowest BCUT2D eigenvalue weighted by atomic mass is 10.1. The van der Waals surface area contributed by atoms with E-state index in [0.29, 0.717) is 17.7 Å². The molecule has 0 aliphatic carbocycles. The van der Waals surface area contributed by atoms with Gasteiger partial charge in [0.25, 0.3) is 5.56 Å². The van der Waals surface area contributed by atoms with Gasteiger partial charge < -0.3 is 9.80 Å². The monoisotopic (exact) mass is 382 g/mol. The van der Waals surface area contributed by atoms with Crippen LogP contribution in [0.25, 0.3) is 11.2 Å². The summed E-state index contributed by atoms with van der Waals surface area (Å²) >= 11 is 0. The second-order valence-electron chi connectivity index (χ2n) is 7.71. The highest BCUT2D eigenvalue weighted by Crippen LogP contribution is 2.23. The molecule has 0 bridgehead atoms. The zero-order valence-corrected chi connectivity index (χ0v) is 16.8. The number of benzene rings is 1. The van der Waals surface area contributed by atoms with Crippen LogP contribution in [0.1, 0.15) is 16.7 Å². The average molecular weight is 382 g/mol. The number of anilines is 1. The van der Waals surface area contributed by atoms with E-state index in [1.807, 2.05) is 4.57 Å². The minimum atomic E-state index is -0.446. The molecular weight excluding hydrogens is 356 g/mol. The van der Waals surface area contributed by atoms with Gasteiger partial charge in [-0.1, -0.05) is 23.8 Å². The van der Waals surface area contributed by atoms with Crippen molar-refractivity contribution in [2.45, 2.75) is 20.4 Å². The highest BCUT2D eigenvalue weighted by molar-refractivity contribution is 5.74. The van der Waals surface area contributed by atoms with Crippen molar-refractivity contribution in [3.05, 3.63) is 55.7 Å². The topological polar surface area (TPSA) is 79.2 Å². The zero-order chi connectivity index (χ0) is 20.0. The number of fused-ring (bicyclic) bond motifs is 1. The molecule has 0 radical (unpaired) electrons. The molecule has 0 amide bonds. The number of likely N-dealkylation sites (N-methyl/N-ethyl adjacent to an activating group) is 1. The molecule has 2 aromatic heterocycles. The molecule has 0 atom stereocenters. The number of nitrogens with zero attached hydrogens (tertiary/aromatic N) is 5. The van der Waals surface area contributed by atoms with Gasteiger partial charge in [-0.3, -0.25) is 18.9 Å². The van der Waals surface area contributed by atoms with Gasteiger partial charge in [0, 0.05) is 33.2 Å². The summed E-state index contributed by atoms with van der Waals surface area (Å²) in [6.07, 6.45) is 0. The summed E-state index contributed by atoms with van der Waals surface area (Å²) in [5, 5.41) is 0. The van der Waals surface area contributed by atoms with Crippen LogP contribution < -0.4 is 16.1 Å². The summed E-state index contributed by atoms with van der Waals surface area (Å²) in [5.74, 6) is 0.746. The lowest BCUT2D eigenvalue weighted by Gasteiger charge is -2.33. The Bertz CT molecular complexity index is 1150. The molecule has 1 N–H and O–H groups in total. The fraction of sp³-hybridized carbons (Fsp3) is 0.450. The van der Waals surface area contributed by atoms with Gasteiger partial charge in [-0.2, -0.15) is 4.98 Å². The Balaban J connectivity index is 1.92. The summed E-state index contributed by atoms with van der Waals surface area (Å²) < 4.78 is 3.37. The minimum Gasteiger partial charge on any atom is -0.340 e. The number of H-pyrrole nitrogens is 1. The van der Waals surface area contributed by atoms with Crippen LogP contribution in [0.15, 0.2) is 27.8 Å². The van der Waals surface area contributed by atoms with Crippen molar-refractivity contribution < 1.29 is 0 Å². The predicted molar refractivity (Wildman–Crippen MR) is 110 cm³/mol. The Morgan fingerprint density at radius 1 is 1.07 bits per heavy atom. The molecule has 8 heteroatoms. The number of aryl methyl sites for hydroxylation is 3. The fourth-order valence-electron chi connectivity index (χ4n) is 3.76. The first-order valence-electron chi connectivity index (χ1n) is 9.54. The van der Waals surface area contributed by atoms with E-state index in [1.54, 1.807) is 7.05 Å². The van der Waals surface area contributed by atoms with Gasteiger partial charge in [-0.25, -0.2) is 4.79 Å². The molecule has 8 nitrogen and oxygen atoms in total. The standard InChI is InChI=1S/C20H26N6O2/c1-13-5-6-14(2)15(11-13)12-26-16-17(24(4)20(28)22-18(16)27)21-19(26)25-9-7-23(3)8-10-25/h5-6,11H,7-10,12H2,1-4H3,(H,22,27,28). The van der Waals surface area contributed by atoms with Gasteiger partial charge in [-0.15, -0.1) is 0 Å². The highest BCUT2D eigenvalue weighted by Gasteiger charge is 2.24. The van der Waals surface area contributed by atoms with E-state index >= 15 is 0 Å². The van der Waals surface area contributed by atoms with E-state index in [1.165, 1.54) is 10.1 Å². The molecule has 1 fully saturated rings. The third-order valence-electron chi connectivity index (χ3n) is 5.61. The molecule has 148 valence electrons. The largest absolute Gasteiger partial charge is 0.340 e. The number of aromatic amines is 1.